The SMILES string of the molecule is COC(=O)c1cccc(-c2cc(NC3CC3)n3ncc(/C=C(/C)NC(=O)NC=O)c3n2)c1. The van der Waals surface area contributed by atoms with Crippen molar-refractivity contribution in [2.75, 3.05) is 12.4 Å². The number of hydrogen-bond donors (Lipinski definition) is 3. The molecule has 32 heavy (non-hydrogen) atoms. The van der Waals surface area contributed by atoms with Crippen molar-refractivity contribution in [2.24, 2.45) is 0 Å². The van der Waals surface area contributed by atoms with Crippen LogP contribution in [0.2, 0.25) is 0 Å². The van der Waals surface area contributed by atoms with E-state index in [4.69, 9.17) is 9.72 Å². The fourth-order valence-corrected chi connectivity index (χ4v) is 3.23. The average Bonchev–Trinajstić information content (AvgIpc) is 3.51. The molecular weight excluding hydrogens is 412 g/mol. The van der Waals surface area contributed by atoms with E-state index in [-0.39, 0.29) is 0 Å². The van der Waals surface area contributed by atoms with E-state index in [0.717, 1.165) is 24.2 Å². The lowest BCUT2D eigenvalue weighted by molar-refractivity contribution is -0.108. The van der Waals surface area contributed by atoms with E-state index < -0.39 is 12.0 Å². The van der Waals surface area contributed by atoms with Crippen LogP contribution in [-0.4, -0.2) is 46.2 Å². The lowest BCUT2D eigenvalue weighted by Gasteiger charge is -2.11. The number of hydrogen-bond acceptors (Lipinski definition) is 7. The number of ether oxygens (including phenoxy) is 1. The summed E-state index contributed by atoms with van der Waals surface area (Å²) in [5.41, 5.74) is 3.61. The van der Waals surface area contributed by atoms with Crippen LogP contribution in [0.5, 0.6) is 0 Å². The van der Waals surface area contributed by atoms with Crippen molar-refractivity contribution in [1.29, 1.82) is 0 Å². The second-order valence-electron chi connectivity index (χ2n) is 7.40. The molecule has 0 spiro atoms. The maximum Gasteiger partial charge on any atom is 0.337 e. The number of carbonyl (C=O) groups excluding carboxylic acids is 3. The summed E-state index contributed by atoms with van der Waals surface area (Å²) >= 11 is 0. The number of nitrogens with zero attached hydrogens (tertiary/aromatic N) is 3. The van der Waals surface area contributed by atoms with E-state index in [9.17, 15) is 14.4 Å². The van der Waals surface area contributed by atoms with Gasteiger partial charge in [0.15, 0.2) is 5.65 Å². The fourth-order valence-electron chi connectivity index (χ4n) is 3.23. The molecule has 3 aromatic rings. The van der Waals surface area contributed by atoms with E-state index >= 15 is 0 Å². The van der Waals surface area contributed by atoms with Gasteiger partial charge in [0.25, 0.3) is 0 Å². The van der Waals surface area contributed by atoms with Crippen LogP contribution in [0.15, 0.2) is 42.2 Å². The molecule has 2 heterocycles. The first-order chi connectivity index (χ1) is 15.5. The molecule has 0 aliphatic heterocycles. The van der Waals surface area contributed by atoms with Crippen LogP contribution >= 0.6 is 0 Å². The summed E-state index contributed by atoms with van der Waals surface area (Å²) in [4.78, 5) is 38.8. The molecule has 0 bridgehead atoms. The zero-order chi connectivity index (χ0) is 22.7. The normalized spacial score (nSPS) is 13.5. The molecule has 3 N–H and O–H groups in total. The highest BCUT2D eigenvalue weighted by Crippen LogP contribution is 2.29. The Labute approximate surface area is 183 Å². The Balaban J connectivity index is 1.77. The molecule has 0 radical (unpaired) electrons. The summed E-state index contributed by atoms with van der Waals surface area (Å²) in [5, 5.41) is 12.5. The maximum atomic E-state index is 12.0. The van der Waals surface area contributed by atoms with E-state index in [1.807, 2.05) is 17.4 Å². The van der Waals surface area contributed by atoms with Gasteiger partial charge >= 0.3 is 12.0 Å². The van der Waals surface area contributed by atoms with Crippen LogP contribution in [0.1, 0.15) is 35.7 Å². The molecule has 10 heteroatoms. The van der Waals surface area contributed by atoms with Crippen molar-refractivity contribution in [3.8, 4) is 11.3 Å². The number of benzene rings is 1. The smallest absolute Gasteiger partial charge is 0.337 e. The third-order valence-electron chi connectivity index (χ3n) is 4.88. The molecule has 4 rings (SSSR count). The molecule has 0 unspecified atom stereocenters. The van der Waals surface area contributed by atoms with E-state index in [1.165, 1.54) is 7.11 Å². The number of rotatable bonds is 7. The number of aromatic nitrogens is 3. The Morgan fingerprint density at radius 1 is 1.25 bits per heavy atom. The summed E-state index contributed by atoms with van der Waals surface area (Å²) < 4.78 is 6.53. The first-order valence-electron chi connectivity index (χ1n) is 10.0. The zero-order valence-corrected chi connectivity index (χ0v) is 17.6. The van der Waals surface area contributed by atoms with Gasteiger partial charge in [-0.25, -0.2) is 14.6 Å². The quantitative estimate of drug-likeness (QED) is 0.385. The Kier molecular flexibility index (Phi) is 5.84. The second-order valence-corrected chi connectivity index (χ2v) is 7.40. The van der Waals surface area contributed by atoms with Crippen molar-refractivity contribution < 1.29 is 19.1 Å². The van der Waals surface area contributed by atoms with Crippen molar-refractivity contribution in [1.82, 2.24) is 25.2 Å². The van der Waals surface area contributed by atoms with E-state index in [2.05, 4.69) is 15.7 Å². The van der Waals surface area contributed by atoms with Gasteiger partial charge in [0.1, 0.15) is 5.82 Å². The van der Waals surface area contributed by atoms with Gasteiger partial charge in [-0.3, -0.25) is 10.1 Å². The van der Waals surface area contributed by atoms with Gasteiger partial charge in [-0.05, 0) is 38.0 Å². The molecule has 1 aromatic carbocycles. The molecule has 2 aromatic heterocycles. The Morgan fingerprint density at radius 2 is 2.06 bits per heavy atom. The van der Waals surface area contributed by atoms with Gasteiger partial charge in [0.05, 0.1) is 24.6 Å². The summed E-state index contributed by atoms with van der Waals surface area (Å²) in [7, 11) is 1.34. The summed E-state index contributed by atoms with van der Waals surface area (Å²) in [6.07, 6.45) is 5.84. The predicted molar refractivity (Wildman–Crippen MR) is 118 cm³/mol. The number of amides is 3. The van der Waals surface area contributed by atoms with Crippen molar-refractivity contribution >= 4 is 36.0 Å². The largest absolute Gasteiger partial charge is 0.465 e. The molecule has 0 saturated heterocycles. The van der Waals surface area contributed by atoms with Gasteiger partial charge in [0.2, 0.25) is 6.41 Å². The number of anilines is 1. The topological polar surface area (TPSA) is 127 Å². The Morgan fingerprint density at radius 3 is 2.78 bits per heavy atom. The number of allylic oxidation sites excluding steroid dienone is 1. The predicted octanol–water partition coefficient (Wildman–Crippen LogP) is 2.57. The van der Waals surface area contributed by atoms with Crippen molar-refractivity contribution in [3.05, 3.63) is 53.4 Å². The summed E-state index contributed by atoms with van der Waals surface area (Å²) in [6, 6.07) is 8.71. The number of fused-ring (bicyclic) bond motifs is 1. The number of urea groups is 1. The van der Waals surface area contributed by atoms with Gasteiger partial charge in [-0.1, -0.05) is 12.1 Å². The monoisotopic (exact) mass is 434 g/mol. The number of esters is 1. The molecule has 164 valence electrons. The van der Waals surface area contributed by atoms with Gasteiger partial charge in [-0.15, -0.1) is 0 Å². The van der Waals surface area contributed by atoms with Crippen molar-refractivity contribution in [2.45, 2.75) is 25.8 Å². The first kappa shape index (κ1) is 21.0. The standard InChI is InChI=1S/C22H22N6O4/c1-13(25-22(31)23-12-29)8-16-11-24-28-19(26-17-6-7-17)10-18(27-20(16)28)14-4-3-5-15(9-14)21(30)32-2/h3-5,8-12,17,26H,6-7H2,1-2H3,(H2,23,25,29,31)/b13-8-. The van der Waals surface area contributed by atoms with Crippen molar-refractivity contribution in [3.63, 3.8) is 0 Å². The fraction of sp³-hybridized carbons (Fsp3) is 0.227. The van der Waals surface area contributed by atoms with Crippen LogP contribution in [0, 0.1) is 0 Å². The Bertz CT molecular complexity index is 1230. The van der Waals surface area contributed by atoms with Crippen LogP contribution < -0.4 is 16.0 Å². The molecule has 1 aliphatic rings. The second kappa shape index (κ2) is 8.88. The molecule has 10 nitrogen and oxygen atoms in total. The third-order valence-corrected chi connectivity index (χ3v) is 4.88. The molecule has 1 saturated carbocycles. The lowest BCUT2D eigenvalue weighted by atomic mass is 10.1. The first-order valence-corrected chi connectivity index (χ1v) is 10.0. The number of imide groups is 1. The van der Waals surface area contributed by atoms with Crippen LogP contribution in [-0.2, 0) is 9.53 Å². The van der Waals surface area contributed by atoms with Gasteiger partial charge < -0.3 is 15.4 Å². The van der Waals surface area contributed by atoms with Gasteiger partial charge in [0, 0.05) is 28.9 Å². The Hall–Kier alpha value is -4.21. The maximum absolute atomic E-state index is 12.0. The van der Waals surface area contributed by atoms with E-state index in [1.54, 1.807) is 41.9 Å². The zero-order valence-electron chi connectivity index (χ0n) is 17.6. The minimum atomic E-state index is -0.630. The average molecular weight is 434 g/mol. The van der Waals surface area contributed by atoms with Crippen LogP contribution in [0.4, 0.5) is 10.6 Å². The molecule has 1 aliphatic carbocycles. The van der Waals surface area contributed by atoms with Crippen LogP contribution in [0.3, 0.4) is 0 Å². The highest BCUT2D eigenvalue weighted by Gasteiger charge is 2.23. The van der Waals surface area contributed by atoms with Gasteiger partial charge in [-0.2, -0.15) is 9.61 Å². The molecule has 3 amide bonds. The minimum Gasteiger partial charge on any atom is -0.465 e. The number of carbonyl (C=O) groups is 3. The molecular formula is C22H22N6O4. The molecule has 1 fully saturated rings. The minimum absolute atomic E-state index is 0.310. The molecule has 0 atom stereocenters. The summed E-state index contributed by atoms with van der Waals surface area (Å²) in [5.74, 6) is 0.354. The third kappa shape index (κ3) is 4.59. The highest BCUT2D eigenvalue weighted by molar-refractivity contribution is 5.91. The van der Waals surface area contributed by atoms with E-state index in [0.29, 0.717) is 40.6 Å². The lowest BCUT2D eigenvalue weighted by Crippen LogP contribution is -2.33. The number of nitrogens with one attached hydrogen (secondary N) is 3. The van der Waals surface area contributed by atoms with Crippen LogP contribution in [0.25, 0.3) is 23.0 Å². The highest BCUT2D eigenvalue weighted by atomic mass is 16.5. The number of methoxy groups -OCH3 is 1. The summed E-state index contributed by atoms with van der Waals surface area (Å²) in [6.45, 7) is 1.70.